The zero-order chi connectivity index (χ0) is 13.0. The molecule has 0 saturated heterocycles. The molecule has 0 amide bonds. The van der Waals surface area contributed by atoms with Crippen LogP contribution >= 0.6 is 0 Å². The summed E-state index contributed by atoms with van der Waals surface area (Å²) in [6.07, 6.45) is 0. The molecule has 94 valence electrons. The van der Waals surface area contributed by atoms with Crippen molar-refractivity contribution in [2.75, 3.05) is 0 Å². The Hall–Kier alpha value is 0.730. The van der Waals surface area contributed by atoms with Crippen LogP contribution in [0.15, 0.2) is 54.6 Å². The summed E-state index contributed by atoms with van der Waals surface area (Å²) < 4.78 is 31.5. The molecule has 20 heavy (non-hydrogen) atoms. The molecule has 0 spiro atoms. The third kappa shape index (κ3) is 7.13. The van der Waals surface area contributed by atoms with Gasteiger partial charge in [0.05, 0.1) is 9.05 Å². The molecule has 0 aliphatic carbocycles. The van der Waals surface area contributed by atoms with Crippen molar-refractivity contribution in [1.82, 2.24) is 0 Å². The van der Waals surface area contributed by atoms with Crippen LogP contribution < -0.4 is 59.1 Å². The van der Waals surface area contributed by atoms with Crippen molar-refractivity contribution < 1.29 is 72.4 Å². The number of benzene rings is 2. The average molecular weight is 325 g/mol. The van der Waals surface area contributed by atoms with E-state index in [1.54, 1.807) is 0 Å². The molecule has 0 N–H and O–H groups in total. The van der Waals surface area contributed by atoms with E-state index in [2.05, 4.69) is 0 Å². The van der Waals surface area contributed by atoms with Crippen molar-refractivity contribution in [3.8, 4) is 11.1 Å². The molecule has 2 rings (SSSR count). The maximum Gasteiger partial charge on any atom is 1.00 e. The summed E-state index contributed by atoms with van der Waals surface area (Å²) >= 11 is 0. The van der Waals surface area contributed by atoms with Crippen LogP contribution in [0.2, 0.25) is 0 Å². The molecule has 0 radical (unpaired) electrons. The Morgan fingerprint density at radius 3 is 1.85 bits per heavy atom. The van der Waals surface area contributed by atoms with Gasteiger partial charge in [-0.2, -0.15) is 0 Å². The molecule has 2 aromatic carbocycles. The van der Waals surface area contributed by atoms with Crippen LogP contribution in [0.25, 0.3) is 11.1 Å². The van der Waals surface area contributed by atoms with E-state index in [9.17, 15) is 13.3 Å². The quantitative estimate of drug-likeness (QED) is 0.433. The second-order valence-corrected chi connectivity index (χ2v) is 7.01. The standard InChI is InChI=1S/C13H12O3S2.2Na/c14-18(15,16)17-10-11-6-8-13(9-7-11)12-4-2-1-3-5-12;;/h1-9H,10H2,(H-,14,15,16);;/q;2*+1/p-1. The van der Waals surface area contributed by atoms with Crippen LogP contribution in [-0.4, -0.2) is 13.3 Å². The summed E-state index contributed by atoms with van der Waals surface area (Å²) in [5.41, 5.74) is 2.99. The van der Waals surface area contributed by atoms with E-state index >= 15 is 0 Å². The molecule has 0 saturated carbocycles. The first-order valence-corrected chi connectivity index (χ1v) is 8.20. The van der Waals surface area contributed by atoms with Crippen LogP contribution in [0, 0.1) is 0 Å². The molecule has 0 heterocycles. The van der Waals surface area contributed by atoms with E-state index in [0.29, 0.717) is 10.3 Å². The fraction of sp³-hybridized carbons (Fsp3) is 0.0769. The molecular formula is C13H11Na2O3S2+. The summed E-state index contributed by atoms with van der Waals surface area (Å²) in [6.45, 7) is 0. The predicted molar refractivity (Wildman–Crippen MR) is 72.6 cm³/mol. The molecule has 0 unspecified atom stereocenters. The Morgan fingerprint density at radius 2 is 1.35 bits per heavy atom. The zero-order valence-corrected chi connectivity index (χ0v) is 17.1. The van der Waals surface area contributed by atoms with Crippen molar-refractivity contribution in [2.24, 2.45) is 0 Å². The SMILES string of the molecule is O=S([O-])([O-])=[S+]Cc1ccc(-c2ccccc2)cc1.[Na+].[Na+]. The van der Waals surface area contributed by atoms with Gasteiger partial charge in [0.1, 0.15) is 0 Å². The normalized spacial score (nSPS) is 10.1. The molecule has 0 aliphatic rings. The van der Waals surface area contributed by atoms with Gasteiger partial charge < -0.3 is 9.11 Å². The van der Waals surface area contributed by atoms with E-state index in [1.807, 2.05) is 54.6 Å². The monoisotopic (exact) mass is 325 g/mol. The Kier molecular flexibility index (Phi) is 10.0. The Bertz CT molecular complexity index is 628. The van der Waals surface area contributed by atoms with Crippen LogP contribution in [-0.2, 0) is 25.1 Å². The van der Waals surface area contributed by atoms with Gasteiger partial charge in [-0.3, -0.25) is 0 Å². The molecule has 0 aliphatic heterocycles. The third-order valence-electron chi connectivity index (χ3n) is 2.43. The fourth-order valence-electron chi connectivity index (χ4n) is 1.56. The van der Waals surface area contributed by atoms with Crippen molar-refractivity contribution in [3.05, 3.63) is 60.2 Å². The molecule has 7 heteroatoms. The van der Waals surface area contributed by atoms with E-state index in [1.165, 1.54) is 0 Å². The van der Waals surface area contributed by atoms with Crippen molar-refractivity contribution in [2.45, 2.75) is 5.75 Å². The molecule has 0 bridgehead atoms. The first-order valence-electron chi connectivity index (χ1n) is 5.29. The fourth-order valence-corrected chi connectivity index (χ4v) is 2.88. The van der Waals surface area contributed by atoms with E-state index in [0.717, 1.165) is 16.7 Å². The Balaban J connectivity index is 0.00000180. The first-order chi connectivity index (χ1) is 8.54. The minimum Gasteiger partial charge on any atom is -0.746 e. The van der Waals surface area contributed by atoms with Crippen molar-refractivity contribution >= 4 is 19.4 Å². The summed E-state index contributed by atoms with van der Waals surface area (Å²) in [5, 5.41) is 0. The van der Waals surface area contributed by atoms with Gasteiger partial charge in [-0.1, -0.05) is 54.6 Å². The molecule has 0 fully saturated rings. The number of rotatable bonds is 3. The summed E-state index contributed by atoms with van der Waals surface area (Å²) in [5.74, 6) is 0.181. The van der Waals surface area contributed by atoms with E-state index < -0.39 is 9.05 Å². The second-order valence-electron chi connectivity index (χ2n) is 3.73. The smallest absolute Gasteiger partial charge is 0.746 e. The third-order valence-corrected chi connectivity index (χ3v) is 4.39. The van der Waals surface area contributed by atoms with Gasteiger partial charge in [0, 0.05) is 5.56 Å². The molecule has 0 atom stereocenters. The van der Waals surface area contributed by atoms with Crippen LogP contribution in [0.1, 0.15) is 5.56 Å². The second kappa shape index (κ2) is 9.69. The van der Waals surface area contributed by atoms with Crippen molar-refractivity contribution in [3.63, 3.8) is 0 Å². The largest absolute Gasteiger partial charge is 1.00 e. The summed E-state index contributed by atoms with van der Waals surface area (Å²) in [7, 11) is -3.81. The van der Waals surface area contributed by atoms with Gasteiger partial charge in [0.15, 0.2) is 0 Å². The average Bonchev–Trinajstić information content (AvgIpc) is 2.37. The van der Waals surface area contributed by atoms with Gasteiger partial charge in [-0.25, -0.2) is 4.21 Å². The minimum atomic E-state index is -4.22. The zero-order valence-electron chi connectivity index (χ0n) is 11.4. The van der Waals surface area contributed by atoms with E-state index in [-0.39, 0.29) is 64.9 Å². The Labute approximate surface area is 167 Å². The van der Waals surface area contributed by atoms with Crippen LogP contribution in [0.5, 0.6) is 0 Å². The van der Waals surface area contributed by atoms with Gasteiger partial charge in [0.25, 0.3) is 0 Å². The van der Waals surface area contributed by atoms with Crippen molar-refractivity contribution in [1.29, 1.82) is 0 Å². The molecule has 2 aromatic rings. The number of hydrogen-bond acceptors (Lipinski definition) is 3. The van der Waals surface area contributed by atoms with Gasteiger partial charge >= 0.3 is 59.1 Å². The molecule has 0 aromatic heterocycles. The van der Waals surface area contributed by atoms with Gasteiger partial charge in [-0.15, -0.1) is 0 Å². The molecular weight excluding hydrogens is 314 g/mol. The maximum absolute atomic E-state index is 10.5. The predicted octanol–water partition coefficient (Wildman–Crippen LogP) is -3.60. The van der Waals surface area contributed by atoms with Crippen LogP contribution in [0.3, 0.4) is 0 Å². The Morgan fingerprint density at radius 1 is 0.850 bits per heavy atom. The summed E-state index contributed by atoms with van der Waals surface area (Å²) in [6, 6.07) is 17.4. The minimum absolute atomic E-state index is 0. The van der Waals surface area contributed by atoms with Gasteiger partial charge in [-0.05, 0) is 11.1 Å². The topological polar surface area (TPSA) is 63.2 Å². The van der Waals surface area contributed by atoms with E-state index in [4.69, 9.17) is 0 Å². The number of hydrogen-bond donors (Lipinski definition) is 0. The van der Waals surface area contributed by atoms with Gasteiger partial charge in [0.2, 0.25) is 16.1 Å². The van der Waals surface area contributed by atoms with Crippen LogP contribution in [0.4, 0.5) is 0 Å². The first kappa shape index (κ1) is 20.7. The molecule has 3 nitrogen and oxygen atoms in total. The maximum atomic E-state index is 10.5. The summed E-state index contributed by atoms with van der Waals surface area (Å²) in [4.78, 5) is 0.